The lowest BCUT2D eigenvalue weighted by atomic mass is 10.3. The molecule has 11 heavy (non-hydrogen) atoms. The fraction of sp³-hybridized carbons (Fsp3) is 0.143. The van der Waals surface area contributed by atoms with Crippen molar-refractivity contribution in [1.82, 2.24) is 9.78 Å². The second kappa shape index (κ2) is 3.01. The van der Waals surface area contributed by atoms with Gasteiger partial charge >= 0.3 is 0 Å². The standard InChI is InChI=1S/C7H9N3O/c1-10-5-6(3-2-4-11)7(8)9-10/h2-5H,1H3,(H2,8,9). The normalized spacial score (nSPS) is 10.6. The maximum atomic E-state index is 9.94. The van der Waals surface area contributed by atoms with Crippen LogP contribution in [-0.4, -0.2) is 16.1 Å². The first-order chi connectivity index (χ1) is 5.24. The van der Waals surface area contributed by atoms with Gasteiger partial charge in [-0.05, 0) is 12.2 Å². The Hall–Kier alpha value is -1.58. The van der Waals surface area contributed by atoms with Crippen molar-refractivity contribution in [2.24, 2.45) is 7.05 Å². The second-order valence-electron chi connectivity index (χ2n) is 2.14. The third-order valence-corrected chi connectivity index (χ3v) is 1.24. The number of nitrogen functional groups attached to an aromatic ring is 1. The summed E-state index contributed by atoms with van der Waals surface area (Å²) in [7, 11) is 1.77. The Bertz CT molecular complexity index is 288. The average molecular weight is 151 g/mol. The SMILES string of the molecule is Cn1cc(C=CC=O)c(N)n1. The van der Waals surface area contributed by atoms with E-state index in [-0.39, 0.29) is 0 Å². The van der Waals surface area contributed by atoms with E-state index in [0.717, 1.165) is 5.56 Å². The van der Waals surface area contributed by atoms with E-state index in [1.54, 1.807) is 24.0 Å². The summed E-state index contributed by atoms with van der Waals surface area (Å²) in [6.45, 7) is 0. The lowest BCUT2D eigenvalue weighted by Crippen LogP contribution is -1.90. The molecule has 58 valence electrons. The van der Waals surface area contributed by atoms with Crippen LogP contribution in [0.4, 0.5) is 5.82 Å². The summed E-state index contributed by atoms with van der Waals surface area (Å²) in [5.74, 6) is 0.436. The van der Waals surface area contributed by atoms with E-state index in [2.05, 4.69) is 5.10 Å². The zero-order valence-electron chi connectivity index (χ0n) is 6.19. The van der Waals surface area contributed by atoms with Crippen LogP contribution in [0.3, 0.4) is 0 Å². The zero-order chi connectivity index (χ0) is 8.27. The Morgan fingerprint density at radius 3 is 2.91 bits per heavy atom. The van der Waals surface area contributed by atoms with Crippen LogP contribution in [0.5, 0.6) is 0 Å². The molecule has 4 nitrogen and oxygen atoms in total. The third-order valence-electron chi connectivity index (χ3n) is 1.24. The average Bonchev–Trinajstić information content (AvgIpc) is 2.26. The van der Waals surface area contributed by atoms with Crippen molar-refractivity contribution in [3.05, 3.63) is 17.8 Å². The molecule has 1 aromatic rings. The van der Waals surface area contributed by atoms with Gasteiger partial charge in [0.2, 0.25) is 0 Å². The molecule has 4 heteroatoms. The molecule has 0 aliphatic heterocycles. The number of aromatic nitrogens is 2. The van der Waals surface area contributed by atoms with Gasteiger partial charge in [0.15, 0.2) is 5.82 Å². The van der Waals surface area contributed by atoms with Crippen molar-refractivity contribution in [1.29, 1.82) is 0 Å². The predicted octanol–water partition coefficient (Wildman–Crippen LogP) is 0.214. The molecule has 0 spiro atoms. The molecule has 0 atom stereocenters. The predicted molar refractivity (Wildman–Crippen MR) is 42.7 cm³/mol. The van der Waals surface area contributed by atoms with Gasteiger partial charge in [-0.2, -0.15) is 5.10 Å². The Kier molecular flexibility index (Phi) is 2.06. The minimum atomic E-state index is 0.436. The number of nitrogens with two attached hydrogens (primary N) is 1. The molecule has 0 saturated heterocycles. The minimum Gasteiger partial charge on any atom is -0.382 e. The summed E-state index contributed by atoms with van der Waals surface area (Å²) >= 11 is 0. The van der Waals surface area contributed by atoms with Gasteiger partial charge in [-0.1, -0.05) is 0 Å². The smallest absolute Gasteiger partial charge is 0.152 e. The van der Waals surface area contributed by atoms with Crippen molar-refractivity contribution >= 4 is 18.2 Å². The highest BCUT2D eigenvalue weighted by Crippen LogP contribution is 2.08. The molecule has 0 aliphatic carbocycles. The van der Waals surface area contributed by atoms with Crippen LogP contribution >= 0.6 is 0 Å². The first-order valence-electron chi connectivity index (χ1n) is 3.15. The lowest BCUT2D eigenvalue weighted by Gasteiger charge is -1.82. The minimum absolute atomic E-state index is 0.436. The van der Waals surface area contributed by atoms with Gasteiger partial charge in [-0.15, -0.1) is 0 Å². The van der Waals surface area contributed by atoms with E-state index >= 15 is 0 Å². The van der Waals surface area contributed by atoms with Crippen molar-refractivity contribution < 1.29 is 4.79 Å². The summed E-state index contributed by atoms with van der Waals surface area (Å²) in [6.07, 6.45) is 5.45. The van der Waals surface area contributed by atoms with Crippen LogP contribution in [0, 0.1) is 0 Å². The Morgan fingerprint density at radius 1 is 1.73 bits per heavy atom. The highest BCUT2D eigenvalue weighted by molar-refractivity contribution is 5.76. The number of hydrogen-bond donors (Lipinski definition) is 1. The molecule has 0 unspecified atom stereocenters. The monoisotopic (exact) mass is 151 g/mol. The van der Waals surface area contributed by atoms with E-state index in [4.69, 9.17) is 5.73 Å². The van der Waals surface area contributed by atoms with Gasteiger partial charge in [0, 0.05) is 18.8 Å². The Labute approximate surface area is 64.3 Å². The number of hydrogen-bond acceptors (Lipinski definition) is 3. The largest absolute Gasteiger partial charge is 0.382 e. The van der Waals surface area contributed by atoms with Gasteiger partial charge in [0.25, 0.3) is 0 Å². The summed E-state index contributed by atoms with van der Waals surface area (Å²) in [5, 5.41) is 3.89. The highest BCUT2D eigenvalue weighted by Gasteiger charge is 1.97. The van der Waals surface area contributed by atoms with E-state index in [1.165, 1.54) is 6.08 Å². The van der Waals surface area contributed by atoms with Crippen LogP contribution in [0.2, 0.25) is 0 Å². The van der Waals surface area contributed by atoms with Crippen molar-refractivity contribution in [2.45, 2.75) is 0 Å². The summed E-state index contributed by atoms with van der Waals surface area (Å²) in [6, 6.07) is 0. The topological polar surface area (TPSA) is 60.9 Å². The number of allylic oxidation sites excluding steroid dienone is 1. The fourth-order valence-corrected chi connectivity index (χ4v) is 0.795. The van der Waals surface area contributed by atoms with Crippen LogP contribution in [-0.2, 0) is 11.8 Å². The number of aldehydes is 1. The maximum absolute atomic E-state index is 9.94. The number of nitrogens with zero attached hydrogens (tertiary/aromatic N) is 2. The quantitative estimate of drug-likeness (QED) is 0.485. The third kappa shape index (κ3) is 1.67. The molecule has 0 fully saturated rings. The molecule has 1 heterocycles. The van der Waals surface area contributed by atoms with Gasteiger partial charge in [-0.3, -0.25) is 9.48 Å². The van der Waals surface area contributed by atoms with E-state index in [0.29, 0.717) is 12.1 Å². The van der Waals surface area contributed by atoms with Crippen LogP contribution < -0.4 is 5.73 Å². The number of anilines is 1. The molecule has 0 bridgehead atoms. The van der Waals surface area contributed by atoms with Crippen molar-refractivity contribution in [2.75, 3.05) is 5.73 Å². The molecular weight excluding hydrogens is 142 g/mol. The molecule has 1 rings (SSSR count). The number of carbonyl (C=O) groups excluding carboxylic acids is 1. The van der Waals surface area contributed by atoms with Gasteiger partial charge in [0.1, 0.15) is 6.29 Å². The number of rotatable bonds is 2. The van der Waals surface area contributed by atoms with Gasteiger partial charge in [-0.25, -0.2) is 0 Å². The van der Waals surface area contributed by atoms with Crippen LogP contribution in [0.15, 0.2) is 12.3 Å². The van der Waals surface area contributed by atoms with E-state index in [1.807, 2.05) is 0 Å². The van der Waals surface area contributed by atoms with Crippen LogP contribution in [0.1, 0.15) is 5.56 Å². The molecule has 0 aromatic carbocycles. The molecule has 0 saturated carbocycles. The Morgan fingerprint density at radius 2 is 2.45 bits per heavy atom. The zero-order valence-corrected chi connectivity index (χ0v) is 6.19. The number of aryl methyl sites for hydroxylation is 1. The van der Waals surface area contributed by atoms with Gasteiger partial charge in [0.05, 0.1) is 0 Å². The van der Waals surface area contributed by atoms with E-state index < -0.39 is 0 Å². The summed E-state index contributed by atoms with van der Waals surface area (Å²) in [5.41, 5.74) is 6.25. The summed E-state index contributed by atoms with van der Waals surface area (Å²) < 4.78 is 1.60. The van der Waals surface area contributed by atoms with Crippen molar-refractivity contribution in [3.8, 4) is 0 Å². The van der Waals surface area contributed by atoms with Crippen molar-refractivity contribution in [3.63, 3.8) is 0 Å². The Balaban J connectivity index is 2.93. The maximum Gasteiger partial charge on any atom is 0.152 e. The molecular formula is C7H9N3O. The molecule has 1 aromatic heterocycles. The first kappa shape index (κ1) is 7.53. The lowest BCUT2D eigenvalue weighted by molar-refractivity contribution is -0.104. The second-order valence-corrected chi connectivity index (χ2v) is 2.14. The number of carbonyl (C=O) groups is 1. The molecule has 2 N–H and O–H groups in total. The fourth-order valence-electron chi connectivity index (χ4n) is 0.795. The molecule has 0 aliphatic rings. The van der Waals surface area contributed by atoms with Gasteiger partial charge < -0.3 is 5.73 Å². The first-order valence-corrected chi connectivity index (χ1v) is 3.15. The molecule has 0 amide bonds. The van der Waals surface area contributed by atoms with Crippen LogP contribution in [0.25, 0.3) is 6.08 Å². The molecule has 0 radical (unpaired) electrons. The van der Waals surface area contributed by atoms with E-state index in [9.17, 15) is 4.79 Å². The summed E-state index contributed by atoms with van der Waals surface area (Å²) in [4.78, 5) is 9.94. The highest BCUT2D eigenvalue weighted by atomic mass is 16.1.